The second kappa shape index (κ2) is 12.9. The Bertz CT molecular complexity index is 1070. The summed E-state index contributed by atoms with van der Waals surface area (Å²) in [5.41, 5.74) is 5.44. The average Bonchev–Trinajstić information content (AvgIpc) is 3.10. The summed E-state index contributed by atoms with van der Waals surface area (Å²) in [6, 6.07) is 8.53. The molecule has 2 aromatic carbocycles. The van der Waals surface area contributed by atoms with Crippen molar-refractivity contribution < 1.29 is 33.7 Å². The number of ether oxygens (including phenoxy) is 2. The molecule has 1 unspecified atom stereocenters. The van der Waals surface area contributed by atoms with Gasteiger partial charge in [-0.3, -0.25) is 0 Å². The summed E-state index contributed by atoms with van der Waals surface area (Å²) in [4.78, 5) is 21.5. The molecule has 194 valence electrons. The molecule has 0 spiro atoms. The van der Waals surface area contributed by atoms with Crippen molar-refractivity contribution in [3.05, 3.63) is 65.0 Å². The van der Waals surface area contributed by atoms with Crippen molar-refractivity contribution in [2.24, 2.45) is 0 Å². The van der Waals surface area contributed by atoms with E-state index >= 15 is 0 Å². The number of nitrogens with one attached hydrogen (secondary N) is 1. The zero-order chi connectivity index (χ0) is 26.1. The zero-order valence-electron chi connectivity index (χ0n) is 20.6. The van der Waals surface area contributed by atoms with Crippen LogP contribution < -0.4 is 19.7 Å². The predicted molar refractivity (Wildman–Crippen MR) is 135 cm³/mol. The quantitative estimate of drug-likeness (QED) is 0.495. The third-order valence-corrected chi connectivity index (χ3v) is 6.16. The molecule has 0 saturated carbocycles. The van der Waals surface area contributed by atoms with E-state index in [-0.39, 0.29) is 11.9 Å². The number of halogens is 1. The van der Waals surface area contributed by atoms with Crippen molar-refractivity contribution in [3.63, 3.8) is 0 Å². The molecule has 3 N–H and O–H groups in total. The number of aliphatic carboxylic acids is 2. The molecular formula is C27H33FN2O6. The third kappa shape index (κ3) is 7.45. The standard InChI is InChI=1S/C23H29FN2O2.C4H4O4/c1-3-19(28-20-6-4-18(24)5-7-20)15-26-12-13-27-22-14-17-8-10-25-11-9-21(17)16(2)23(22)26;5-3(6)1-2-4(7)8/h4-7,14,19,25H,3,8-13,15H2,1-2H3;1-2H,(H,5,6)(H,7,8)/b;2-1+. The molecule has 2 aliphatic heterocycles. The van der Waals surface area contributed by atoms with E-state index in [0.29, 0.717) is 24.5 Å². The minimum atomic E-state index is -1.26. The van der Waals surface area contributed by atoms with Crippen molar-refractivity contribution in [1.29, 1.82) is 0 Å². The molecule has 0 saturated heterocycles. The molecule has 1 atom stereocenters. The Morgan fingerprint density at radius 3 is 2.47 bits per heavy atom. The van der Waals surface area contributed by atoms with Crippen LogP contribution in [-0.2, 0) is 22.4 Å². The molecule has 0 amide bonds. The molecule has 0 fully saturated rings. The first-order valence-corrected chi connectivity index (χ1v) is 12.1. The van der Waals surface area contributed by atoms with Crippen LogP contribution >= 0.6 is 0 Å². The van der Waals surface area contributed by atoms with Crippen LogP contribution in [0.5, 0.6) is 11.5 Å². The Kier molecular flexibility index (Phi) is 9.69. The van der Waals surface area contributed by atoms with Crippen molar-refractivity contribution in [2.45, 2.75) is 39.2 Å². The Morgan fingerprint density at radius 1 is 1.17 bits per heavy atom. The molecule has 36 heavy (non-hydrogen) atoms. The lowest BCUT2D eigenvalue weighted by Crippen LogP contribution is -2.41. The van der Waals surface area contributed by atoms with E-state index in [0.717, 1.165) is 51.2 Å². The zero-order valence-corrected chi connectivity index (χ0v) is 20.6. The summed E-state index contributed by atoms with van der Waals surface area (Å²) in [7, 11) is 0. The van der Waals surface area contributed by atoms with Gasteiger partial charge in [0.25, 0.3) is 0 Å². The molecule has 0 aliphatic carbocycles. The van der Waals surface area contributed by atoms with Gasteiger partial charge in [0.2, 0.25) is 0 Å². The maximum atomic E-state index is 13.2. The smallest absolute Gasteiger partial charge is 0.328 e. The van der Waals surface area contributed by atoms with E-state index in [9.17, 15) is 14.0 Å². The Balaban J connectivity index is 0.000000392. The van der Waals surface area contributed by atoms with E-state index in [1.807, 2.05) is 0 Å². The van der Waals surface area contributed by atoms with Crippen LogP contribution in [0, 0.1) is 12.7 Å². The minimum Gasteiger partial charge on any atom is -0.490 e. The van der Waals surface area contributed by atoms with Gasteiger partial charge in [-0.1, -0.05) is 6.92 Å². The van der Waals surface area contributed by atoms with Crippen LogP contribution in [0.1, 0.15) is 30.0 Å². The Hall–Kier alpha value is -3.59. The molecule has 9 heteroatoms. The number of rotatable bonds is 7. The highest BCUT2D eigenvalue weighted by atomic mass is 19.1. The maximum absolute atomic E-state index is 13.2. The van der Waals surface area contributed by atoms with Crippen LogP contribution in [0.15, 0.2) is 42.5 Å². The van der Waals surface area contributed by atoms with Crippen molar-refractivity contribution in [3.8, 4) is 11.5 Å². The van der Waals surface area contributed by atoms with Gasteiger partial charge in [0.15, 0.2) is 0 Å². The molecule has 0 bridgehead atoms. The number of fused-ring (bicyclic) bond motifs is 2. The van der Waals surface area contributed by atoms with Gasteiger partial charge in [-0.05, 0) is 86.3 Å². The maximum Gasteiger partial charge on any atom is 0.328 e. The first-order valence-electron chi connectivity index (χ1n) is 12.1. The van der Waals surface area contributed by atoms with Crippen molar-refractivity contribution in [2.75, 3.05) is 37.7 Å². The largest absolute Gasteiger partial charge is 0.490 e. The van der Waals surface area contributed by atoms with Gasteiger partial charge in [0, 0.05) is 12.2 Å². The number of nitrogens with zero attached hydrogens (tertiary/aromatic N) is 1. The van der Waals surface area contributed by atoms with E-state index in [2.05, 4.69) is 30.1 Å². The molecule has 0 aromatic heterocycles. The van der Waals surface area contributed by atoms with Gasteiger partial charge < -0.3 is 29.9 Å². The number of carboxylic acid groups (broad SMARTS) is 2. The van der Waals surface area contributed by atoms with E-state index in [1.165, 1.54) is 34.5 Å². The third-order valence-electron chi connectivity index (χ3n) is 6.16. The van der Waals surface area contributed by atoms with Gasteiger partial charge in [-0.25, -0.2) is 14.0 Å². The van der Waals surface area contributed by atoms with E-state index in [4.69, 9.17) is 19.7 Å². The summed E-state index contributed by atoms with van der Waals surface area (Å²) in [6.07, 6.45) is 4.16. The molecular weight excluding hydrogens is 467 g/mol. The molecule has 0 radical (unpaired) electrons. The highest BCUT2D eigenvalue weighted by molar-refractivity contribution is 5.89. The molecule has 2 aliphatic rings. The number of carbonyl (C=O) groups is 2. The van der Waals surface area contributed by atoms with E-state index in [1.54, 1.807) is 12.1 Å². The number of hydrogen-bond donors (Lipinski definition) is 3. The predicted octanol–water partition coefficient (Wildman–Crippen LogP) is 3.59. The van der Waals surface area contributed by atoms with Crippen LogP contribution in [-0.4, -0.2) is 61.0 Å². The summed E-state index contributed by atoms with van der Waals surface area (Å²) in [5, 5.41) is 19.1. The van der Waals surface area contributed by atoms with Crippen molar-refractivity contribution in [1.82, 2.24) is 5.32 Å². The van der Waals surface area contributed by atoms with Gasteiger partial charge in [0.1, 0.15) is 30.0 Å². The van der Waals surface area contributed by atoms with Crippen molar-refractivity contribution >= 4 is 17.6 Å². The molecule has 2 heterocycles. The first kappa shape index (κ1) is 27.0. The first-order chi connectivity index (χ1) is 17.3. The van der Waals surface area contributed by atoms with Crippen LogP contribution in [0.3, 0.4) is 0 Å². The number of carboxylic acids is 2. The number of anilines is 1. The second-order valence-electron chi connectivity index (χ2n) is 8.64. The van der Waals surface area contributed by atoms with Gasteiger partial charge in [0.05, 0.1) is 18.8 Å². The fourth-order valence-corrected chi connectivity index (χ4v) is 4.42. The number of hydrogen-bond acceptors (Lipinski definition) is 6. The summed E-state index contributed by atoms with van der Waals surface area (Å²) in [6.45, 7) is 8.75. The fourth-order valence-electron chi connectivity index (χ4n) is 4.42. The summed E-state index contributed by atoms with van der Waals surface area (Å²) in [5.74, 6) is -1.04. The molecule has 4 rings (SSSR count). The Labute approximate surface area is 210 Å². The topological polar surface area (TPSA) is 108 Å². The second-order valence-corrected chi connectivity index (χ2v) is 8.64. The highest BCUT2D eigenvalue weighted by Crippen LogP contribution is 2.39. The lowest BCUT2D eigenvalue weighted by Gasteiger charge is -2.36. The SMILES string of the molecule is CCC(CN1CCOc2cc3c(c(C)c21)CCNCC3)Oc1ccc(F)cc1.O=C(O)/C=C/C(=O)O. The summed E-state index contributed by atoms with van der Waals surface area (Å²) >= 11 is 0. The molecule has 2 aromatic rings. The van der Waals surface area contributed by atoms with Crippen LogP contribution in [0.4, 0.5) is 10.1 Å². The fraction of sp³-hybridized carbons (Fsp3) is 0.407. The van der Waals surface area contributed by atoms with Gasteiger partial charge >= 0.3 is 11.9 Å². The number of benzene rings is 2. The minimum absolute atomic E-state index is 0.0382. The lowest BCUT2D eigenvalue weighted by molar-refractivity contribution is -0.134. The average molecular weight is 501 g/mol. The lowest BCUT2D eigenvalue weighted by atomic mass is 9.94. The van der Waals surface area contributed by atoms with E-state index < -0.39 is 11.9 Å². The van der Waals surface area contributed by atoms with Crippen LogP contribution in [0.2, 0.25) is 0 Å². The summed E-state index contributed by atoms with van der Waals surface area (Å²) < 4.78 is 25.4. The van der Waals surface area contributed by atoms with Crippen LogP contribution in [0.25, 0.3) is 0 Å². The van der Waals surface area contributed by atoms with Gasteiger partial charge in [-0.2, -0.15) is 0 Å². The monoisotopic (exact) mass is 500 g/mol. The van der Waals surface area contributed by atoms with Gasteiger partial charge in [-0.15, -0.1) is 0 Å². The Morgan fingerprint density at radius 2 is 1.83 bits per heavy atom. The normalized spacial score (nSPS) is 15.5. The highest BCUT2D eigenvalue weighted by Gasteiger charge is 2.27. The molecule has 8 nitrogen and oxygen atoms in total.